The number of hydrogen-bond acceptors (Lipinski definition) is 6. The van der Waals surface area contributed by atoms with E-state index in [-0.39, 0.29) is 23.7 Å². The van der Waals surface area contributed by atoms with E-state index in [1.807, 2.05) is 68.4 Å². The van der Waals surface area contributed by atoms with E-state index < -0.39 is 0 Å². The Morgan fingerprint density at radius 3 is 1.94 bits per heavy atom. The topological polar surface area (TPSA) is 115 Å². The summed E-state index contributed by atoms with van der Waals surface area (Å²) in [6, 6.07) is 24.1. The number of ketones is 2. The van der Waals surface area contributed by atoms with Crippen LogP contribution < -0.4 is 0 Å². The van der Waals surface area contributed by atoms with Crippen LogP contribution in [0.2, 0.25) is 0 Å². The molecule has 0 amide bonds. The molecule has 2 unspecified atom stereocenters. The first-order valence-corrected chi connectivity index (χ1v) is 18.8. The van der Waals surface area contributed by atoms with Gasteiger partial charge >= 0.3 is 0 Å². The Labute approximate surface area is 306 Å². The Hall–Kier alpha value is -5.02. The van der Waals surface area contributed by atoms with E-state index >= 15 is 0 Å². The van der Waals surface area contributed by atoms with Gasteiger partial charge < -0.3 is 14.2 Å². The smallest absolute Gasteiger partial charge is 0.178 e. The molecule has 2 aliphatic heterocycles. The molecule has 1 N–H and O–H groups in total. The second-order valence-electron chi connectivity index (χ2n) is 14.9. The van der Waals surface area contributed by atoms with Crippen LogP contribution in [0.1, 0.15) is 132 Å². The number of benzene rings is 2. The van der Waals surface area contributed by atoms with E-state index in [1.165, 1.54) is 30.5 Å². The van der Waals surface area contributed by atoms with Gasteiger partial charge in [-0.3, -0.25) is 14.5 Å². The maximum atomic E-state index is 13.4. The molecule has 0 radical (unpaired) electrons. The van der Waals surface area contributed by atoms with Gasteiger partial charge in [0.15, 0.2) is 11.6 Å². The van der Waals surface area contributed by atoms with E-state index in [2.05, 4.69) is 38.3 Å². The van der Waals surface area contributed by atoms with Crippen LogP contribution in [0.3, 0.4) is 0 Å². The third kappa shape index (κ3) is 6.70. The molecule has 52 heavy (non-hydrogen) atoms. The van der Waals surface area contributed by atoms with Gasteiger partial charge in [-0.2, -0.15) is 10.5 Å². The van der Waals surface area contributed by atoms with Gasteiger partial charge in [-0.25, -0.2) is 0 Å². The van der Waals surface area contributed by atoms with Crippen molar-refractivity contribution in [1.29, 1.82) is 10.5 Å². The zero-order valence-corrected chi connectivity index (χ0v) is 30.4. The summed E-state index contributed by atoms with van der Waals surface area (Å²) in [5.74, 6) is 0.723. The van der Waals surface area contributed by atoms with Crippen molar-refractivity contribution < 1.29 is 14.7 Å². The lowest BCUT2D eigenvalue weighted by atomic mass is 9.98. The number of aliphatic hydroxyl groups is 1. The Balaban J connectivity index is 0.000000170. The Morgan fingerprint density at radius 2 is 1.42 bits per heavy atom. The molecule has 8 nitrogen and oxygen atoms in total. The number of rotatable bonds is 8. The normalized spacial score (nSPS) is 21.0. The van der Waals surface area contributed by atoms with Crippen LogP contribution in [0.15, 0.2) is 66.7 Å². The molecular formula is C44H47N5O3. The molecule has 2 aromatic carbocycles. The first kappa shape index (κ1) is 35.4. The number of aromatic nitrogens is 2. The second-order valence-corrected chi connectivity index (χ2v) is 14.9. The molecule has 1 saturated carbocycles. The van der Waals surface area contributed by atoms with Crippen LogP contribution in [0.5, 0.6) is 0 Å². The minimum absolute atomic E-state index is 0.0877. The van der Waals surface area contributed by atoms with Crippen molar-refractivity contribution in [2.45, 2.75) is 109 Å². The third-order valence-corrected chi connectivity index (χ3v) is 11.8. The Bertz CT molecular complexity index is 2100. The van der Waals surface area contributed by atoms with Gasteiger partial charge in [-0.05, 0) is 144 Å². The summed E-state index contributed by atoms with van der Waals surface area (Å²) in [7, 11) is 0. The number of aliphatic hydroxyl groups excluding tert-OH is 1. The quantitative estimate of drug-likeness (QED) is 0.185. The zero-order chi connectivity index (χ0) is 36.5. The third-order valence-electron chi connectivity index (χ3n) is 11.8. The predicted molar refractivity (Wildman–Crippen MR) is 202 cm³/mol. The van der Waals surface area contributed by atoms with Crippen molar-refractivity contribution in [2.24, 2.45) is 0 Å². The Morgan fingerprint density at radius 1 is 0.808 bits per heavy atom. The fraction of sp³-hybridized carbons (Fsp3) is 0.409. The lowest BCUT2D eigenvalue weighted by Gasteiger charge is -2.21. The molecule has 4 aromatic rings. The summed E-state index contributed by atoms with van der Waals surface area (Å²) < 4.78 is 4.37. The van der Waals surface area contributed by atoms with Crippen molar-refractivity contribution in [3.05, 3.63) is 112 Å². The Kier molecular flexibility index (Phi) is 10.1. The van der Waals surface area contributed by atoms with Gasteiger partial charge in [0, 0.05) is 57.4 Å². The molecule has 266 valence electrons. The van der Waals surface area contributed by atoms with Crippen molar-refractivity contribution in [3.8, 4) is 23.5 Å². The van der Waals surface area contributed by atoms with Crippen molar-refractivity contribution in [3.63, 3.8) is 0 Å². The maximum absolute atomic E-state index is 13.4. The highest BCUT2D eigenvalue weighted by molar-refractivity contribution is 5.99. The molecule has 3 atom stereocenters. The number of Topliss-reactive ketones (excluding diaryl/α,β-unsaturated/α-hetero) is 2. The summed E-state index contributed by atoms with van der Waals surface area (Å²) in [6.45, 7) is 6.03. The fourth-order valence-corrected chi connectivity index (χ4v) is 9.15. The van der Waals surface area contributed by atoms with Gasteiger partial charge in [0.25, 0.3) is 0 Å². The minimum Gasteiger partial charge on any atom is -0.391 e. The van der Waals surface area contributed by atoms with Crippen LogP contribution in [-0.4, -0.2) is 55.4 Å². The average Bonchev–Trinajstić information content (AvgIpc) is 4.01. The summed E-state index contributed by atoms with van der Waals surface area (Å²) in [5, 5.41) is 28.3. The van der Waals surface area contributed by atoms with E-state index in [1.54, 1.807) is 6.92 Å². The largest absolute Gasteiger partial charge is 0.391 e. The molecule has 3 fully saturated rings. The number of fused-ring (bicyclic) bond motifs is 2. The number of allylic oxidation sites excluding steroid dienone is 2. The molecule has 2 aromatic heterocycles. The number of carbonyl (C=O) groups excluding carboxylic acids is 2. The van der Waals surface area contributed by atoms with Crippen LogP contribution in [0, 0.1) is 36.5 Å². The monoisotopic (exact) mass is 693 g/mol. The zero-order valence-electron chi connectivity index (χ0n) is 30.4. The first-order valence-electron chi connectivity index (χ1n) is 18.8. The average molecular weight is 694 g/mol. The minimum atomic E-state index is -0.282. The van der Waals surface area contributed by atoms with E-state index in [9.17, 15) is 14.7 Å². The highest BCUT2D eigenvalue weighted by Gasteiger charge is 2.46. The number of carbonyl (C=O) groups is 2. The SMILES string of the molecule is CC(=O)c1cc(C2=CCCC2)n(-c2ccc(C#N)cc2)c1C.Cc1c(C(=O)CN2C3CCC2[C@@H](O)C3)cc(C2CCCC2)n1-c1ccc(C#N)cc1. The molecular weight excluding hydrogens is 647 g/mol. The van der Waals surface area contributed by atoms with Crippen molar-refractivity contribution >= 4 is 17.1 Å². The molecule has 2 bridgehead atoms. The highest BCUT2D eigenvalue weighted by atomic mass is 16.3. The predicted octanol–water partition coefficient (Wildman–Crippen LogP) is 8.52. The van der Waals surface area contributed by atoms with Crippen molar-refractivity contribution in [1.82, 2.24) is 14.0 Å². The van der Waals surface area contributed by atoms with Gasteiger partial charge in [-0.15, -0.1) is 0 Å². The van der Waals surface area contributed by atoms with Crippen LogP contribution >= 0.6 is 0 Å². The lowest BCUT2D eigenvalue weighted by molar-refractivity contribution is 0.0872. The molecule has 4 heterocycles. The number of nitriles is 2. The van der Waals surface area contributed by atoms with Crippen LogP contribution in [0.25, 0.3) is 16.9 Å². The molecule has 8 heteroatoms. The summed E-state index contributed by atoms with van der Waals surface area (Å²) in [5.41, 5.74) is 10.4. The van der Waals surface area contributed by atoms with Gasteiger partial charge in [0.1, 0.15) is 0 Å². The summed E-state index contributed by atoms with van der Waals surface area (Å²) in [4.78, 5) is 27.5. The molecule has 2 aliphatic carbocycles. The van der Waals surface area contributed by atoms with Gasteiger partial charge in [0.2, 0.25) is 0 Å². The first-order chi connectivity index (χ1) is 25.2. The molecule has 2 saturated heterocycles. The fourth-order valence-electron chi connectivity index (χ4n) is 9.15. The summed E-state index contributed by atoms with van der Waals surface area (Å²) >= 11 is 0. The molecule has 4 aliphatic rings. The second kappa shape index (κ2) is 14.9. The highest BCUT2D eigenvalue weighted by Crippen LogP contribution is 2.40. The maximum Gasteiger partial charge on any atom is 0.178 e. The van der Waals surface area contributed by atoms with E-state index in [0.717, 1.165) is 84.5 Å². The van der Waals surface area contributed by atoms with Crippen LogP contribution in [-0.2, 0) is 0 Å². The number of hydrogen-bond donors (Lipinski definition) is 1. The van der Waals surface area contributed by atoms with Gasteiger partial charge in [0.05, 0.1) is 35.9 Å². The lowest BCUT2D eigenvalue weighted by Crippen LogP contribution is -2.36. The van der Waals surface area contributed by atoms with E-state index in [4.69, 9.17) is 10.5 Å². The number of nitrogens with zero attached hydrogens (tertiary/aromatic N) is 5. The molecule has 0 spiro atoms. The van der Waals surface area contributed by atoms with Gasteiger partial charge in [-0.1, -0.05) is 18.9 Å². The van der Waals surface area contributed by atoms with E-state index in [0.29, 0.717) is 29.6 Å². The van der Waals surface area contributed by atoms with Crippen molar-refractivity contribution in [2.75, 3.05) is 6.54 Å². The molecule has 8 rings (SSSR count). The van der Waals surface area contributed by atoms with Crippen LogP contribution in [0.4, 0.5) is 0 Å². The summed E-state index contributed by atoms with van der Waals surface area (Å²) in [6.07, 6.45) is 13.0. The standard InChI is InChI=1S/C25H29N3O2.C19H18N2O/c1-16-21(25(30)15-27-20-10-11-22(27)24(29)12-20)13-23(18-4-2-3-5-18)28(16)19-8-6-17(14-26)7-9-19;1-13-18(14(2)22)11-19(16-5-3-4-6-16)21(13)17-9-7-15(12-20)8-10-17/h6-9,13,18,20,22,24,29H,2-5,10-12,15H2,1H3;5,7-11H,3-4,6H2,1-2H3/t20?,22?,24-;/m0./s1.